The average molecular weight is 249 g/mol. The summed E-state index contributed by atoms with van der Waals surface area (Å²) in [5.41, 5.74) is 6.42. The predicted molar refractivity (Wildman–Crippen MR) is 81.9 cm³/mol. The molecule has 1 heteroatoms. The van der Waals surface area contributed by atoms with Crippen LogP contribution in [0.5, 0.6) is 0 Å². The van der Waals surface area contributed by atoms with E-state index in [4.69, 9.17) is 0 Å². The molecule has 1 unspecified atom stereocenters. The molecular formula is C17H31N. The zero-order valence-electron chi connectivity index (χ0n) is 13.3. The van der Waals surface area contributed by atoms with Crippen molar-refractivity contribution in [3.8, 4) is 0 Å². The molecule has 2 rings (SSSR count). The molecule has 1 atom stereocenters. The van der Waals surface area contributed by atoms with Crippen molar-refractivity contribution in [3.05, 3.63) is 22.3 Å². The van der Waals surface area contributed by atoms with Gasteiger partial charge in [-0.05, 0) is 66.3 Å². The van der Waals surface area contributed by atoms with E-state index in [-0.39, 0.29) is 0 Å². The summed E-state index contributed by atoms with van der Waals surface area (Å²) >= 11 is 0. The molecule has 1 heterocycles. The van der Waals surface area contributed by atoms with Crippen LogP contribution in [0.4, 0.5) is 0 Å². The zero-order valence-corrected chi connectivity index (χ0v) is 13.3. The SMILES string of the molecule is CC1=C(C)CC(C)CC1.CC1=C(C)CN(C)CC1. The molecule has 0 radical (unpaired) electrons. The number of rotatable bonds is 0. The fraction of sp³-hybridized carbons (Fsp3) is 0.765. The minimum absolute atomic E-state index is 0.939. The Balaban J connectivity index is 0.000000180. The Morgan fingerprint density at radius 1 is 0.889 bits per heavy atom. The number of allylic oxidation sites excluding steroid dienone is 2. The Kier molecular flexibility index (Phi) is 6.14. The van der Waals surface area contributed by atoms with Gasteiger partial charge in [0.2, 0.25) is 0 Å². The van der Waals surface area contributed by atoms with Gasteiger partial charge in [0.15, 0.2) is 0 Å². The lowest BCUT2D eigenvalue weighted by molar-refractivity contribution is 0.348. The van der Waals surface area contributed by atoms with E-state index in [1.54, 1.807) is 22.3 Å². The number of likely N-dealkylation sites (N-methyl/N-ethyl adjacent to an activating group) is 1. The van der Waals surface area contributed by atoms with Crippen molar-refractivity contribution in [1.82, 2.24) is 4.90 Å². The normalized spacial score (nSPS) is 26.0. The molecule has 0 spiro atoms. The second-order valence-electron chi connectivity index (χ2n) is 6.46. The van der Waals surface area contributed by atoms with Crippen LogP contribution in [0.25, 0.3) is 0 Å². The van der Waals surface area contributed by atoms with Crippen molar-refractivity contribution in [3.63, 3.8) is 0 Å². The third-order valence-corrected chi connectivity index (χ3v) is 4.50. The summed E-state index contributed by atoms with van der Waals surface area (Å²) in [6.45, 7) is 13.8. The van der Waals surface area contributed by atoms with Crippen LogP contribution < -0.4 is 0 Å². The number of hydrogen-bond acceptors (Lipinski definition) is 1. The van der Waals surface area contributed by atoms with Crippen LogP contribution in [-0.4, -0.2) is 25.0 Å². The molecule has 0 aromatic carbocycles. The smallest absolute Gasteiger partial charge is 0.0189 e. The van der Waals surface area contributed by atoms with Crippen molar-refractivity contribution in [2.45, 2.75) is 60.3 Å². The Morgan fingerprint density at radius 2 is 1.50 bits per heavy atom. The lowest BCUT2D eigenvalue weighted by Crippen LogP contribution is -2.26. The molecule has 1 aliphatic carbocycles. The Morgan fingerprint density at radius 3 is 1.94 bits per heavy atom. The molecule has 0 saturated carbocycles. The van der Waals surface area contributed by atoms with E-state index in [2.05, 4.69) is 46.6 Å². The largest absolute Gasteiger partial charge is 0.302 e. The summed E-state index contributed by atoms with van der Waals surface area (Å²) in [5, 5.41) is 0. The molecule has 1 nitrogen and oxygen atoms in total. The first-order chi connectivity index (χ1) is 8.40. The van der Waals surface area contributed by atoms with Gasteiger partial charge in [0, 0.05) is 13.1 Å². The van der Waals surface area contributed by atoms with Crippen LogP contribution in [0.1, 0.15) is 60.3 Å². The molecule has 0 aromatic heterocycles. The van der Waals surface area contributed by atoms with Gasteiger partial charge in [0.25, 0.3) is 0 Å². The highest BCUT2D eigenvalue weighted by molar-refractivity contribution is 5.14. The van der Waals surface area contributed by atoms with Crippen molar-refractivity contribution in [1.29, 1.82) is 0 Å². The number of hydrogen-bond donors (Lipinski definition) is 0. The predicted octanol–water partition coefficient (Wildman–Crippen LogP) is 4.80. The Labute approximate surface area is 114 Å². The summed E-state index contributed by atoms with van der Waals surface area (Å²) < 4.78 is 0. The van der Waals surface area contributed by atoms with Crippen LogP contribution in [0.2, 0.25) is 0 Å². The van der Waals surface area contributed by atoms with E-state index in [9.17, 15) is 0 Å². The van der Waals surface area contributed by atoms with E-state index in [0.29, 0.717) is 0 Å². The van der Waals surface area contributed by atoms with Gasteiger partial charge < -0.3 is 4.90 Å². The lowest BCUT2D eigenvalue weighted by atomic mass is 9.86. The summed E-state index contributed by atoms with van der Waals surface area (Å²) in [4.78, 5) is 2.36. The van der Waals surface area contributed by atoms with Crippen LogP contribution in [0, 0.1) is 5.92 Å². The van der Waals surface area contributed by atoms with E-state index in [1.807, 2.05) is 0 Å². The maximum Gasteiger partial charge on any atom is 0.0189 e. The van der Waals surface area contributed by atoms with Crippen LogP contribution >= 0.6 is 0 Å². The van der Waals surface area contributed by atoms with Gasteiger partial charge >= 0.3 is 0 Å². The quantitative estimate of drug-likeness (QED) is 0.557. The van der Waals surface area contributed by atoms with Crippen molar-refractivity contribution in [2.75, 3.05) is 20.1 Å². The van der Waals surface area contributed by atoms with E-state index in [1.165, 1.54) is 38.8 Å². The first-order valence-corrected chi connectivity index (χ1v) is 7.39. The van der Waals surface area contributed by atoms with Crippen molar-refractivity contribution < 1.29 is 0 Å². The molecule has 0 aromatic rings. The van der Waals surface area contributed by atoms with Gasteiger partial charge in [-0.15, -0.1) is 0 Å². The Bertz CT molecular complexity index is 302. The van der Waals surface area contributed by atoms with Gasteiger partial charge in [-0.25, -0.2) is 0 Å². The molecule has 2 aliphatic rings. The lowest BCUT2D eigenvalue weighted by Gasteiger charge is -2.24. The van der Waals surface area contributed by atoms with Crippen molar-refractivity contribution >= 4 is 0 Å². The van der Waals surface area contributed by atoms with Crippen LogP contribution in [0.3, 0.4) is 0 Å². The molecule has 18 heavy (non-hydrogen) atoms. The first kappa shape index (κ1) is 15.5. The number of nitrogens with zero attached hydrogens (tertiary/aromatic N) is 1. The van der Waals surface area contributed by atoms with E-state index < -0.39 is 0 Å². The molecule has 0 fully saturated rings. The molecule has 0 N–H and O–H groups in total. The van der Waals surface area contributed by atoms with Gasteiger partial charge in [-0.2, -0.15) is 0 Å². The monoisotopic (exact) mass is 249 g/mol. The standard InChI is InChI=1S/C9H16.C8H15N/c1-7-4-5-8(2)9(3)6-7;1-7-4-5-9(3)6-8(7)2/h7H,4-6H2,1-3H3;4-6H2,1-3H3. The summed E-state index contributed by atoms with van der Waals surface area (Å²) in [6, 6.07) is 0. The third-order valence-electron chi connectivity index (χ3n) is 4.50. The van der Waals surface area contributed by atoms with E-state index >= 15 is 0 Å². The Hall–Kier alpha value is -0.560. The third kappa shape index (κ3) is 4.97. The first-order valence-electron chi connectivity index (χ1n) is 7.39. The fourth-order valence-electron chi connectivity index (χ4n) is 2.67. The maximum atomic E-state index is 2.36. The maximum absolute atomic E-state index is 2.36. The molecular weight excluding hydrogens is 218 g/mol. The molecule has 0 bridgehead atoms. The molecule has 0 saturated heterocycles. The van der Waals surface area contributed by atoms with Crippen LogP contribution in [-0.2, 0) is 0 Å². The minimum atomic E-state index is 0.939. The highest BCUT2D eigenvalue weighted by atomic mass is 15.1. The second kappa shape index (κ2) is 7.13. The second-order valence-corrected chi connectivity index (χ2v) is 6.46. The summed E-state index contributed by atoms with van der Waals surface area (Å²) in [5.74, 6) is 0.939. The van der Waals surface area contributed by atoms with Gasteiger partial charge in [-0.3, -0.25) is 0 Å². The molecule has 1 aliphatic heterocycles. The van der Waals surface area contributed by atoms with Gasteiger partial charge in [0.1, 0.15) is 0 Å². The summed E-state index contributed by atoms with van der Waals surface area (Å²) in [7, 11) is 2.18. The van der Waals surface area contributed by atoms with Gasteiger partial charge in [-0.1, -0.05) is 29.2 Å². The highest BCUT2D eigenvalue weighted by Gasteiger charge is 2.11. The van der Waals surface area contributed by atoms with Crippen LogP contribution in [0.15, 0.2) is 22.3 Å². The van der Waals surface area contributed by atoms with E-state index in [0.717, 1.165) is 5.92 Å². The summed E-state index contributed by atoms with van der Waals surface area (Å²) in [6.07, 6.45) is 5.35. The average Bonchev–Trinajstić information content (AvgIpc) is 2.30. The van der Waals surface area contributed by atoms with Gasteiger partial charge in [0.05, 0.1) is 0 Å². The topological polar surface area (TPSA) is 3.24 Å². The fourth-order valence-corrected chi connectivity index (χ4v) is 2.67. The minimum Gasteiger partial charge on any atom is -0.302 e. The van der Waals surface area contributed by atoms with Crippen molar-refractivity contribution in [2.24, 2.45) is 5.92 Å². The zero-order chi connectivity index (χ0) is 13.7. The highest BCUT2D eigenvalue weighted by Crippen LogP contribution is 2.27. The molecule has 0 amide bonds. The molecule has 104 valence electrons.